The van der Waals surface area contributed by atoms with Crippen molar-refractivity contribution >= 4 is 21.4 Å². The normalized spacial score (nSPS) is 17.5. The van der Waals surface area contributed by atoms with Crippen LogP contribution in [0.1, 0.15) is 23.3 Å². The van der Waals surface area contributed by atoms with Crippen LogP contribution in [0.5, 0.6) is 0 Å². The second-order valence-corrected chi connectivity index (χ2v) is 7.78. The lowest BCUT2D eigenvalue weighted by Crippen LogP contribution is -2.32. The van der Waals surface area contributed by atoms with Gasteiger partial charge < -0.3 is 10.1 Å². The van der Waals surface area contributed by atoms with Gasteiger partial charge in [-0.2, -0.15) is 0 Å². The molecule has 0 radical (unpaired) electrons. The number of thiophene rings is 1. The average molecular weight is 318 g/mol. The van der Waals surface area contributed by atoms with Crippen molar-refractivity contribution in [1.82, 2.24) is 10.0 Å². The minimum Gasteiger partial charge on any atom is -0.381 e. The Morgan fingerprint density at radius 2 is 2.10 bits per heavy atom. The molecule has 2 heterocycles. The zero-order chi connectivity index (χ0) is 14.6. The Kier molecular flexibility index (Phi) is 5.57. The quantitative estimate of drug-likeness (QED) is 0.834. The summed E-state index contributed by atoms with van der Waals surface area (Å²) in [6, 6.07) is 0. The lowest BCUT2D eigenvalue weighted by Gasteiger charge is -2.22. The molecule has 2 N–H and O–H groups in total. The third-order valence-corrected chi connectivity index (χ3v) is 6.38. The SMILES string of the molecule is CNCc1scc(C)c1S(=O)(=O)NCC1CCOCC1. The fourth-order valence-electron chi connectivity index (χ4n) is 2.38. The van der Waals surface area contributed by atoms with Gasteiger partial charge in [-0.1, -0.05) is 0 Å². The number of ether oxygens (including phenoxy) is 1. The van der Waals surface area contributed by atoms with E-state index in [4.69, 9.17) is 4.74 Å². The average Bonchev–Trinajstić information content (AvgIpc) is 2.80. The van der Waals surface area contributed by atoms with Crippen molar-refractivity contribution in [3.63, 3.8) is 0 Å². The first-order valence-electron chi connectivity index (χ1n) is 6.83. The summed E-state index contributed by atoms with van der Waals surface area (Å²) in [6.45, 7) is 4.38. The van der Waals surface area contributed by atoms with Gasteiger partial charge in [0.15, 0.2) is 0 Å². The van der Waals surface area contributed by atoms with Crippen LogP contribution >= 0.6 is 11.3 Å². The summed E-state index contributed by atoms with van der Waals surface area (Å²) < 4.78 is 33.0. The van der Waals surface area contributed by atoms with Crippen molar-refractivity contribution in [2.45, 2.75) is 31.2 Å². The van der Waals surface area contributed by atoms with Crippen LogP contribution in [0.4, 0.5) is 0 Å². The largest absolute Gasteiger partial charge is 0.381 e. The number of hydrogen-bond donors (Lipinski definition) is 2. The van der Waals surface area contributed by atoms with Gasteiger partial charge in [0.25, 0.3) is 0 Å². The molecule has 1 aromatic rings. The van der Waals surface area contributed by atoms with E-state index in [1.54, 1.807) is 0 Å². The molecule has 0 amide bonds. The first-order valence-corrected chi connectivity index (χ1v) is 9.20. The first kappa shape index (κ1) is 15.9. The maximum atomic E-state index is 12.5. The van der Waals surface area contributed by atoms with E-state index in [1.807, 2.05) is 19.4 Å². The Morgan fingerprint density at radius 3 is 2.75 bits per heavy atom. The topological polar surface area (TPSA) is 67.4 Å². The molecule has 114 valence electrons. The lowest BCUT2D eigenvalue weighted by atomic mass is 10.0. The lowest BCUT2D eigenvalue weighted by molar-refractivity contribution is 0.0678. The number of rotatable bonds is 6. The van der Waals surface area contributed by atoms with Crippen molar-refractivity contribution in [2.24, 2.45) is 5.92 Å². The molecule has 0 aliphatic carbocycles. The highest BCUT2D eigenvalue weighted by Gasteiger charge is 2.24. The van der Waals surface area contributed by atoms with Gasteiger partial charge >= 0.3 is 0 Å². The van der Waals surface area contributed by atoms with Gasteiger partial charge in [0.2, 0.25) is 10.0 Å². The zero-order valence-corrected chi connectivity index (χ0v) is 13.6. The molecular formula is C13H22N2O3S2. The van der Waals surface area contributed by atoms with E-state index < -0.39 is 10.0 Å². The summed E-state index contributed by atoms with van der Waals surface area (Å²) in [5, 5.41) is 4.92. The Bertz CT molecular complexity index is 534. The Balaban J connectivity index is 2.07. The second kappa shape index (κ2) is 7.00. The Labute approximate surface area is 124 Å². The summed E-state index contributed by atoms with van der Waals surface area (Å²) in [7, 11) is -1.60. The van der Waals surface area contributed by atoms with E-state index in [-0.39, 0.29) is 0 Å². The van der Waals surface area contributed by atoms with E-state index in [2.05, 4.69) is 10.0 Å². The molecule has 7 heteroatoms. The van der Waals surface area contributed by atoms with Gasteiger partial charge in [-0.15, -0.1) is 11.3 Å². The molecule has 1 saturated heterocycles. The molecule has 0 saturated carbocycles. The van der Waals surface area contributed by atoms with Crippen molar-refractivity contribution in [1.29, 1.82) is 0 Å². The summed E-state index contributed by atoms with van der Waals surface area (Å²) in [4.78, 5) is 1.31. The summed E-state index contributed by atoms with van der Waals surface area (Å²) in [5.41, 5.74) is 0.819. The molecule has 0 aromatic carbocycles. The van der Waals surface area contributed by atoms with Crippen molar-refractivity contribution in [3.8, 4) is 0 Å². The van der Waals surface area contributed by atoms with Gasteiger partial charge in [0.1, 0.15) is 4.90 Å². The van der Waals surface area contributed by atoms with Crippen molar-refractivity contribution in [2.75, 3.05) is 26.8 Å². The fourth-order valence-corrected chi connectivity index (χ4v) is 5.32. The van der Waals surface area contributed by atoms with E-state index in [9.17, 15) is 8.42 Å². The molecule has 20 heavy (non-hydrogen) atoms. The van der Waals surface area contributed by atoms with Crippen LogP contribution in [0.2, 0.25) is 0 Å². The highest BCUT2D eigenvalue weighted by atomic mass is 32.2. The van der Waals surface area contributed by atoms with Gasteiger partial charge in [-0.05, 0) is 43.7 Å². The molecule has 2 rings (SSSR count). The number of aryl methyl sites for hydroxylation is 1. The maximum absolute atomic E-state index is 12.5. The second-order valence-electron chi connectivity index (χ2n) is 5.11. The molecule has 1 aliphatic rings. The van der Waals surface area contributed by atoms with Crippen LogP contribution in [0, 0.1) is 12.8 Å². The van der Waals surface area contributed by atoms with Gasteiger partial charge in [0.05, 0.1) is 0 Å². The van der Waals surface area contributed by atoms with Gasteiger partial charge in [0, 0.05) is 31.2 Å². The van der Waals surface area contributed by atoms with E-state index in [0.29, 0.717) is 23.9 Å². The number of nitrogens with one attached hydrogen (secondary N) is 2. The molecule has 1 fully saturated rings. The molecule has 0 unspecified atom stereocenters. The molecule has 5 nitrogen and oxygen atoms in total. The summed E-state index contributed by atoms with van der Waals surface area (Å²) in [5.74, 6) is 0.380. The third-order valence-electron chi connectivity index (χ3n) is 3.50. The molecule has 0 atom stereocenters. The van der Waals surface area contributed by atoms with Crippen LogP contribution in [0.3, 0.4) is 0 Å². The number of sulfonamides is 1. The van der Waals surface area contributed by atoms with Crippen molar-refractivity contribution < 1.29 is 13.2 Å². The van der Waals surface area contributed by atoms with E-state index in [0.717, 1.165) is 36.5 Å². The summed E-state index contributed by atoms with van der Waals surface area (Å²) >= 11 is 1.49. The fraction of sp³-hybridized carbons (Fsp3) is 0.692. The monoisotopic (exact) mass is 318 g/mol. The van der Waals surface area contributed by atoms with E-state index in [1.165, 1.54) is 11.3 Å². The highest BCUT2D eigenvalue weighted by Crippen LogP contribution is 2.27. The third kappa shape index (κ3) is 3.79. The predicted molar refractivity (Wildman–Crippen MR) is 80.6 cm³/mol. The minimum atomic E-state index is -3.42. The molecular weight excluding hydrogens is 296 g/mol. The van der Waals surface area contributed by atoms with Crippen LogP contribution in [0.25, 0.3) is 0 Å². The molecule has 0 spiro atoms. The first-order chi connectivity index (χ1) is 9.54. The highest BCUT2D eigenvalue weighted by molar-refractivity contribution is 7.89. The smallest absolute Gasteiger partial charge is 0.241 e. The van der Waals surface area contributed by atoms with Crippen LogP contribution in [-0.4, -0.2) is 35.2 Å². The number of hydrogen-bond acceptors (Lipinski definition) is 5. The minimum absolute atomic E-state index is 0.380. The Hall–Kier alpha value is -0.470. The van der Waals surface area contributed by atoms with Crippen LogP contribution in [0.15, 0.2) is 10.3 Å². The standard InChI is InChI=1S/C13H22N2O3S2/c1-10-9-19-12(8-14-2)13(10)20(16,17)15-7-11-3-5-18-6-4-11/h9,11,14-15H,3-8H2,1-2H3. The maximum Gasteiger partial charge on any atom is 0.241 e. The van der Waals surface area contributed by atoms with Gasteiger partial charge in [-0.3, -0.25) is 0 Å². The van der Waals surface area contributed by atoms with Crippen molar-refractivity contribution in [3.05, 3.63) is 15.8 Å². The van der Waals surface area contributed by atoms with Crippen LogP contribution < -0.4 is 10.0 Å². The molecule has 1 aromatic heterocycles. The Morgan fingerprint density at radius 1 is 1.40 bits per heavy atom. The zero-order valence-electron chi connectivity index (χ0n) is 11.9. The van der Waals surface area contributed by atoms with Crippen LogP contribution in [-0.2, 0) is 21.3 Å². The molecule has 1 aliphatic heterocycles. The van der Waals surface area contributed by atoms with Gasteiger partial charge in [-0.25, -0.2) is 13.1 Å². The molecule has 0 bridgehead atoms. The summed E-state index contributed by atoms with van der Waals surface area (Å²) in [6.07, 6.45) is 1.85. The predicted octanol–water partition coefficient (Wildman–Crippen LogP) is 1.48. The van der Waals surface area contributed by atoms with E-state index >= 15 is 0 Å².